The van der Waals surface area contributed by atoms with E-state index >= 15 is 0 Å². The quantitative estimate of drug-likeness (QED) is 0.679. The highest BCUT2D eigenvalue weighted by Crippen LogP contribution is 2.17. The standard InChI is InChI=1S/C22H33N5O3/c1-3-17-7-5-6-8-18(17)24-20(28)15-19-22(30)23-9-10-27(19)21(29)16-26-13-11-25(4-2)12-14-26/h5-8,19H,3-4,9-16H2,1-2H3,(H,23,30)(H,24,28)/t19-/m0/s1. The summed E-state index contributed by atoms with van der Waals surface area (Å²) < 4.78 is 0. The van der Waals surface area contributed by atoms with E-state index in [1.54, 1.807) is 4.90 Å². The van der Waals surface area contributed by atoms with Gasteiger partial charge in [0.15, 0.2) is 0 Å². The number of piperazine rings is 2. The SMILES string of the molecule is CCc1ccccc1NC(=O)C[C@H]1C(=O)NCCN1C(=O)CN1CCN(CC)CC1. The topological polar surface area (TPSA) is 85.0 Å². The van der Waals surface area contributed by atoms with Crippen LogP contribution in [0.3, 0.4) is 0 Å². The van der Waals surface area contributed by atoms with E-state index in [1.807, 2.05) is 31.2 Å². The lowest BCUT2D eigenvalue weighted by atomic mass is 10.1. The maximum absolute atomic E-state index is 13.0. The van der Waals surface area contributed by atoms with Gasteiger partial charge in [-0.05, 0) is 24.6 Å². The molecule has 0 aromatic heterocycles. The number of hydrogen-bond acceptors (Lipinski definition) is 5. The van der Waals surface area contributed by atoms with Crippen LogP contribution in [0.1, 0.15) is 25.8 Å². The molecule has 2 aliphatic rings. The van der Waals surface area contributed by atoms with Crippen molar-refractivity contribution in [3.63, 3.8) is 0 Å². The maximum atomic E-state index is 13.0. The molecule has 0 aliphatic carbocycles. The van der Waals surface area contributed by atoms with Crippen LogP contribution in [0.2, 0.25) is 0 Å². The van der Waals surface area contributed by atoms with Gasteiger partial charge < -0.3 is 20.4 Å². The molecule has 0 bridgehead atoms. The summed E-state index contributed by atoms with van der Waals surface area (Å²) in [5, 5.41) is 5.70. The zero-order valence-electron chi connectivity index (χ0n) is 18.0. The molecule has 0 spiro atoms. The highest BCUT2D eigenvalue weighted by molar-refractivity contribution is 5.98. The Morgan fingerprint density at radius 3 is 2.47 bits per heavy atom. The van der Waals surface area contributed by atoms with Gasteiger partial charge in [-0.3, -0.25) is 19.3 Å². The Morgan fingerprint density at radius 2 is 1.77 bits per heavy atom. The van der Waals surface area contributed by atoms with Gasteiger partial charge in [-0.2, -0.15) is 0 Å². The fraction of sp³-hybridized carbons (Fsp3) is 0.591. The molecular weight excluding hydrogens is 382 g/mol. The van der Waals surface area contributed by atoms with Gasteiger partial charge >= 0.3 is 0 Å². The monoisotopic (exact) mass is 415 g/mol. The first-order valence-electron chi connectivity index (χ1n) is 10.9. The van der Waals surface area contributed by atoms with E-state index in [-0.39, 0.29) is 24.1 Å². The minimum absolute atomic E-state index is 0.0424. The molecule has 2 heterocycles. The van der Waals surface area contributed by atoms with E-state index in [9.17, 15) is 14.4 Å². The van der Waals surface area contributed by atoms with Crippen molar-refractivity contribution in [3.05, 3.63) is 29.8 Å². The van der Waals surface area contributed by atoms with Gasteiger partial charge in [0.25, 0.3) is 0 Å². The van der Waals surface area contributed by atoms with E-state index in [1.165, 1.54) is 0 Å². The van der Waals surface area contributed by atoms with Crippen molar-refractivity contribution < 1.29 is 14.4 Å². The summed E-state index contributed by atoms with van der Waals surface area (Å²) in [7, 11) is 0. The fourth-order valence-electron chi connectivity index (χ4n) is 4.09. The van der Waals surface area contributed by atoms with E-state index in [0.29, 0.717) is 19.6 Å². The number of carbonyl (C=O) groups is 3. The molecule has 0 radical (unpaired) electrons. The van der Waals surface area contributed by atoms with Crippen molar-refractivity contribution in [1.29, 1.82) is 0 Å². The molecule has 1 aromatic carbocycles. The molecule has 3 amide bonds. The number of aryl methyl sites for hydroxylation is 1. The Kier molecular flexibility index (Phi) is 7.81. The van der Waals surface area contributed by atoms with E-state index in [0.717, 1.165) is 50.4 Å². The molecule has 30 heavy (non-hydrogen) atoms. The third kappa shape index (κ3) is 5.58. The van der Waals surface area contributed by atoms with Crippen molar-refractivity contribution in [3.8, 4) is 0 Å². The van der Waals surface area contributed by atoms with Gasteiger partial charge in [0, 0.05) is 45.0 Å². The summed E-state index contributed by atoms with van der Waals surface area (Å²) in [6.45, 7) is 9.93. The highest BCUT2D eigenvalue weighted by atomic mass is 16.2. The second-order valence-corrected chi connectivity index (χ2v) is 7.87. The van der Waals surface area contributed by atoms with Crippen LogP contribution in [0.5, 0.6) is 0 Å². The molecule has 8 heteroatoms. The summed E-state index contributed by atoms with van der Waals surface area (Å²) >= 11 is 0. The number of amides is 3. The van der Waals surface area contributed by atoms with Gasteiger partial charge in [-0.15, -0.1) is 0 Å². The Labute approximate surface area is 178 Å². The van der Waals surface area contributed by atoms with Gasteiger partial charge in [-0.25, -0.2) is 0 Å². The lowest BCUT2D eigenvalue weighted by Gasteiger charge is -2.38. The van der Waals surface area contributed by atoms with Crippen LogP contribution in [0, 0.1) is 0 Å². The zero-order valence-corrected chi connectivity index (χ0v) is 18.0. The smallest absolute Gasteiger partial charge is 0.243 e. The molecule has 164 valence electrons. The first-order chi connectivity index (χ1) is 14.5. The molecule has 8 nitrogen and oxygen atoms in total. The molecule has 0 saturated carbocycles. The molecule has 3 rings (SSSR count). The number of hydrogen-bond donors (Lipinski definition) is 2. The molecule has 2 fully saturated rings. The van der Waals surface area contributed by atoms with E-state index in [4.69, 9.17) is 0 Å². The largest absolute Gasteiger partial charge is 0.353 e. The van der Waals surface area contributed by atoms with Crippen LogP contribution in [-0.4, -0.2) is 90.8 Å². The molecule has 2 aliphatic heterocycles. The predicted molar refractivity (Wildman–Crippen MR) is 116 cm³/mol. The zero-order chi connectivity index (χ0) is 21.5. The number of carbonyl (C=O) groups excluding carboxylic acids is 3. The summed E-state index contributed by atoms with van der Waals surface area (Å²) in [4.78, 5) is 44.2. The third-order valence-corrected chi connectivity index (χ3v) is 5.97. The number of nitrogens with one attached hydrogen (secondary N) is 2. The summed E-state index contributed by atoms with van der Waals surface area (Å²) in [6, 6.07) is 6.87. The van der Waals surface area contributed by atoms with Gasteiger partial charge in [-0.1, -0.05) is 32.0 Å². The number of nitrogens with zero attached hydrogens (tertiary/aromatic N) is 3. The fourth-order valence-corrected chi connectivity index (χ4v) is 4.09. The van der Waals surface area contributed by atoms with Crippen molar-refractivity contribution in [2.45, 2.75) is 32.7 Å². The minimum atomic E-state index is -0.767. The average Bonchev–Trinajstić information content (AvgIpc) is 2.76. The molecule has 2 N–H and O–H groups in total. The lowest BCUT2D eigenvalue weighted by Crippen LogP contribution is -2.60. The Balaban J connectivity index is 1.60. The molecule has 1 aromatic rings. The van der Waals surface area contributed by atoms with Gasteiger partial charge in [0.2, 0.25) is 17.7 Å². The van der Waals surface area contributed by atoms with Crippen LogP contribution in [0.4, 0.5) is 5.69 Å². The maximum Gasteiger partial charge on any atom is 0.243 e. The number of rotatable bonds is 7. The Hall–Kier alpha value is -2.45. The summed E-state index contributed by atoms with van der Waals surface area (Å²) in [6.07, 6.45) is 0.759. The van der Waals surface area contributed by atoms with Crippen LogP contribution in [0.25, 0.3) is 0 Å². The van der Waals surface area contributed by atoms with E-state index in [2.05, 4.69) is 27.4 Å². The average molecular weight is 416 g/mol. The van der Waals surface area contributed by atoms with Crippen LogP contribution in [-0.2, 0) is 20.8 Å². The number of likely N-dealkylation sites (N-methyl/N-ethyl adjacent to an activating group) is 1. The van der Waals surface area contributed by atoms with Crippen LogP contribution < -0.4 is 10.6 Å². The molecule has 1 atom stereocenters. The summed E-state index contributed by atoms with van der Waals surface area (Å²) in [5.41, 5.74) is 1.80. The second kappa shape index (κ2) is 10.5. The molecular formula is C22H33N5O3. The second-order valence-electron chi connectivity index (χ2n) is 7.87. The number of benzene rings is 1. The third-order valence-electron chi connectivity index (χ3n) is 5.97. The van der Waals surface area contributed by atoms with Crippen molar-refractivity contribution in [2.75, 3.05) is 57.7 Å². The Morgan fingerprint density at radius 1 is 1.07 bits per heavy atom. The number of anilines is 1. The molecule has 0 unspecified atom stereocenters. The summed E-state index contributed by atoms with van der Waals surface area (Å²) in [5.74, 6) is -0.599. The van der Waals surface area contributed by atoms with Gasteiger partial charge in [0.05, 0.1) is 13.0 Å². The minimum Gasteiger partial charge on any atom is -0.353 e. The van der Waals surface area contributed by atoms with Crippen molar-refractivity contribution >= 4 is 23.4 Å². The predicted octanol–water partition coefficient (Wildman–Crippen LogP) is 0.542. The van der Waals surface area contributed by atoms with Crippen LogP contribution >= 0.6 is 0 Å². The van der Waals surface area contributed by atoms with E-state index < -0.39 is 6.04 Å². The first-order valence-corrected chi connectivity index (χ1v) is 10.9. The Bertz CT molecular complexity index is 761. The lowest BCUT2D eigenvalue weighted by molar-refractivity contribution is -0.145. The highest BCUT2D eigenvalue weighted by Gasteiger charge is 2.35. The molecule has 2 saturated heterocycles. The van der Waals surface area contributed by atoms with Gasteiger partial charge in [0.1, 0.15) is 6.04 Å². The normalized spacial score (nSPS) is 20.7. The first kappa shape index (κ1) is 22.2. The van der Waals surface area contributed by atoms with Crippen molar-refractivity contribution in [2.24, 2.45) is 0 Å². The number of para-hydroxylation sites is 1. The van der Waals surface area contributed by atoms with Crippen LogP contribution in [0.15, 0.2) is 24.3 Å². The van der Waals surface area contributed by atoms with Crippen molar-refractivity contribution in [1.82, 2.24) is 20.0 Å².